The number of alkyl halides is 3. The van der Waals surface area contributed by atoms with E-state index >= 15 is 0 Å². The highest BCUT2D eigenvalue weighted by Gasteiger charge is 2.31. The molecule has 1 saturated heterocycles. The van der Waals surface area contributed by atoms with E-state index in [-0.39, 0.29) is 10.8 Å². The molecule has 0 radical (unpaired) electrons. The lowest BCUT2D eigenvalue weighted by molar-refractivity contribution is -0.137. The smallest absolute Gasteiger partial charge is 0.416 e. The van der Waals surface area contributed by atoms with Crippen molar-refractivity contribution >= 4 is 50.5 Å². The largest absolute Gasteiger partial charge is 0.493 e. The molecule has 0 spiro atoms. The predicted molar refractivity (Wildman–Crippen MR) is 123 cm³/mol. The van der Waals surface area contributed by atoms with E-state index in [1.807, 2.05) is 11.8 Å². The summed E-state index contributed by atoms with van der Waals surface area (Å²) >= 11 is 8.55. The topological polar surface area (TPSA) is 62.8 Å². The molecule has 0 atom stereocenters. The maximum atomic E-state index is 13.3. The Kier molecular flexibility index (Phi) is 7.96. The van der Waals surface area contributed by atoms with Crippen LogP contribution in [-0.4, -0.2) is 43.9 Å². The van der Waals surface area contributed by atoms with Gasteiger partial charge in [0.2, 0.25) is 0 Å². The molecule has 0 aromatic heterocycles. The van der Waals surface area contributed by atoms with Crippen molar-refractivity contribution < 1.29 is 27.4 Å². The highest BCUT2D eigenvalue weighted by molar-refractivity contribution is 9.10. The highest BCUT2D eigenvalue weighted by Crippen LogP contribution is 2.35. The average Bonchev–Trinajstić information content (AvgIpc) is 2.75. The van der Waals surface area contributed by atoms with Crippen molar-refractivity contribution in [3.63, 3.8) is 0 Å². The molecule has 0 unspecified atom stereocenters. The Bertz CT molecular complexity index is 998. The zero-order valence-electron chi connectivity index (χ0n) is 17.1. The Labute approximate surface area is 197 Å². The van der Waals surface area contributed by atoms with Gasteiger partial charge in [-0.3, -0.25) is 10.1 Å². The second-order valence-electron chi connectivity index (χ2n) is 6.82. The van der Waals surface area contributed by atoms with Gasteiger partial charge in [0.15, 0.2) is 5.11 Å². The van der Waals surface area contributed by atoms with Crippen LogP contribution in [0.3, 0.4) is 0 Å². The van der Waals surface area contributed by atoms with Gasteiger partial charge in [-0.2, -0.15) is 13.2 Å². The maximum Gasteiger partial charge on any atom is 0.416 e. The molecule has 0 bridgehead atoms. The maximum absolute atomic E-state index is 13.3. The van der Waals surface area contributed by atoms with Crippen LogP contribution in [0.15, 0.2) is 40.9 Å². The zero-order chi connectivity index (χ0) is 23.3. The van der Waals surface area contributed by atoms with Crippen LogP contribution < -0.4 is 20.3 Å². The minimum absolute atomic E-state index is 0.117. The van der Waals surface area contributed by atoms with E-state index in [1.54, 1.807) is 18.2 Å². The molecule has 1 amide bonds. The lowest BCUT2D eigenvalue weighted by Crippen LogP contribution is -2.38. The van der Waals surface area contributed by atoms with Crippen LogP contribution in [0.1, 0.15) is 22.8 Å². The quantitative estimate of drug-likeness (QED) is 0.539. The number of carbonyl (C=O) groups is 1. The number of anilines is 2. The molecule has 2 aromatic carbocycles. The summed E-state index contributed by atoms with van der Waals surface area (Å²) in [6, 6.07) is 8.18. The van der Waals surface area contributed by atoms with E-state index < -0.39 is 17.6 Å². The van der Waals surface area contributed by atoms with Gasteiger partial charge in [-0.05, 0) is 71.5 Å². The molecule has 172 valence electrons. The lowest BCUT2D eigenvalue weighted by atomic mass is 10.1. The lowest BCUT2D eigenvalue weighted by Gasteiger charge is -2.31. The Morgan fingerprint density at radius 1 is 1.22 bits per heavy atom. The average molecular weight is 532 g/mol. The van der Waals surface area contributed by atoms with Gasteiger partial charge >= 0.3 is 6.18 Å². The van der Waals surface area contributed by atoms with Crippen LogP contribution in [0.2, 0.25) is 0 Å². The summed E-state index contributed by atoms with van der Waals surface area (Å²) in [6.45, 7) is 4.30. The van der Waals surface area contributed by atoms with Crippen LogP contribution >= 0.6 is 28.1 Å². The van der Waals surface area contributed by atoms with Crippen molar-refractivity contribution in [1.82, 2.24) is 5.32 Å². The number of rotatable bonds is 5. The van der Waals surface area contributed by atoms with Gasteiger partial charge in [-0.1, -0.05) is 0 Å². The molecule has 32 heavy (non-hydrogen) atoms. The van der Waals surface area contributed by atoms with Crippen molar-refractivity contribution in [3.8, 4) is 5.75 Å². The first kappa shape index (κ1) is 24.3. The standard InChI is InChI=1S/C21H21BrF3N3O3S/c1-2-31-18-6-3-13(11-15(18)22)19(29)27-20(32)26-16-12-14(21(23,24)25)4-5-17(16)28-7-9-30-10-8-28/h3-6,11-12H,2,7-10H2,1H3,(H2,26,27,29,32). The van der Waals surface area contributed by atoms with Crippen LogP contribution in [0, 0.1) is 0 Å². The van der Waals surface area contributed by atoms with Crippen LogP contribution in [0.4, 0.5) is 24.5 Å². The van der Waals surface area contributed by atoms with Crippen molar-refractivity contribution in [1.29, 1.82) is 0 Å². The number of amides is 1. The Morgan fingerprint density at radius 2 is 1.94 bits per heavy atom. The number of benzene rings is 2. The summed E-state index contributed by atoms with van der Waals surface area (Å²) in [5, 5.41) is 5.14. The zero-order valence-corrected chi connectivity index (χ0v) is 19.5. The number of ether oxygens (including phenoxy) is 2. The van der Waals surface area contributed by atoms with Gasteiger partial charge < -0.3 is 19.7 Å². The molecule has 0 saturated carbocycles. The molecule has 1 aliphatic rings. The van der Waals surface area contributed by atoms with E-state index in [0.29, 0.717) is 54.4 Å². The number of thiocarbonyl (C=S) groups is 1. The Hall–Kier alpha value is -2.37. The first-order valence-corrected chi connectivity index (χ1v) is 11.0. The van der Waals surface area contributed by atoms with E-state index in [2.05, 4.69) is 26.6 Å². The van der Waals surface area contributed by atoms with E-state index in [1.165, 1.54) is 6.07 Å². The molecule has 2 aromatic rings. The number of carbonyl (C=O) groups excluding carboxylic acids is 1. The van der Waals surface area contributed by atoms with Crippen molar-refractivity contribution in [2.45, 2.75) is 13.1 Å². The molecule has 6 nitrogen and oxygen atoms in total. The molecule has 1 aliphatic heterocycles. The molecular formula is C21H21BrF3N3O3S. The normalized spacial score (nSPS) is 14.1. The number of nitrogens with zero attached hydrogens (tertiary/aromatic N) is 1. The first-order valence-electron chi connectivity index (χ1n) is 9.77. The van der Waals surface area contributed by atoms with Gasteiger partial charge in [0.25, 0.3) is 5.91 Å². The van der Waals surface area contributed by atoms with Crippen molar-refractivity contribution in [2.75, 3.05) is 43.1 Å². The number of hydrogen-bond donors (Lipinski definition) is 2. The first-order chi connectivity index (χ1) is 15.2. The third-order valence-electron chi connectivity index (χ3n) is 4.64. The molecule has 1 heterocycles. The summed E-state index contributed by atoms with van der Waals surface area (Å²) < 4.78 is 51.1. The van der Waals surface area contributed by atoms with E-state index in [0.717, 1.165) is 12.1 Å². The third kappa shape index (κ3) is 6.11. The monoisotopic (exact) mass is 531 g/mol. The van der Waals surface area contributed by atoms with Gasteiger partial charge in [0.1, 0.15) is 5.75 Å². The highest BCUT2D eigenvalue weighted by atomic mass is 79.9. The fourth-order valence-electron chi connectivity index (χ4n) is 3.14. The fourth-order valence-corrected chi connectivity index (χ4v) is 3.83. The molecular weight excluding hydrogens is 511 g/mol. The Morgan fingerprint density at radius 3 is 2.56 bits per heavy atom. The van der Waals surface area contributed by atoms with Crippen LogP contribution in [0.25, 0.3) is 0 Å². The van der Waals surface area contributed by atoms with Crippen LogP contribution in [0.5, 0.6) is 5.75 Å². The number of hydrogen-bond acceptors (Lipinski definition) is 5. The predicted octanol–water partition coefficient (Wildman–Crippen LogP) is 4.83. The fraction of sp³-hybridized carbons (Fsp3) is 0.333. The molecule has 2 N–H and O–H groups in total. The number of nitrogens with one attached hydrogen (secondary N) is 2. The molecule has 0 aliphatic carbocycles. The molecule has 11 heteroatoms. The SMILES string of the molecule is CCOc1ccc(C(=O)NC(=S)Nc2cc(C(F)(F)F)ccc2N2CCOCC2)cc1Br. The van der Waals surface area contributed by atoms with Crippen LogP contribution in [-0.2, 0) is 10.9 Å². The molecule has 3 rings (SSSR count). The summed E-state index contributed by atoms with van der Waals surface area (Å²) in [5.74, 6) is 0.0787. The summed E-state index contributed by atoms with van der Waals surface area (Å²) in [4.78, 5) is 14.5. The summed E-state index contributed by atoms with van der Waals surface area (Å²) in [7, 11) is 0. The van der Waals surface area contributed by atoms with Gasteiger partial charge in [-0.15, -0.1) is 0 Å². The van der Waals surface area contributed by atoms with Crippen molar-refractivity contribution in [3.05, 3.63) is 52.0 Å². The van der Waals surface area contributed by atoms with E-state index in [9.17, 15) is 18.0 Å². The second kappa shape index (κ2) is 10.5. The second-order valence-corrected chi connectivity index (χ2v) is 8.08. The van der Waals surface area contributed by atoms with Gasteiger partial charge in [-0.25, -0.2) is 0 Å². The van der Waals surface area contributed by atoms with E-state index in [4.69, 9.17) is 21.7 Å². The number of morpholine rings is 1. The van der Waals surface area contributed by atoms with Gasteiger partial charge in [0, 0.05) is 18.7 Å². The van der Waals surface area contributed by atoms with Crippen molar-refractivity contribution in [2.24, 2.45) is 0 Å². The molecule has 1 fully saturated rings. The minimum Gasteiger partial charge on any atom is -0.493 e. The number of halogens is 4. The third-order valence-corrected chi connectivity index (χ3v) is 5.47. The summed E-state index contributed by atoms with van der Waals surface area (Å²) in [5.41, 5.74) is 0.185. The minimum atomic E-state index is -4.51. The Balaban J connectivity index is 1.78. The van der Waals surface area contributed by atoms with Gasteiger partial charge in [0.05, 0.1) is 41.2 Å². The summed E-state index contributed by atoms with van der Waals surface area (Å²) in [6.07, 6.45) is -4.51.